The van der Waals surface area contributed by atoms with Crippen molar-refractivity contribution >= 4 is 28.6 Å². The third kappa shape index (κ3) is 4.11. The molecule has 0 radical (unpaired) electrons. The first kappa shape index (κ1) is 20.1. The summed E-state index contributed by atoms with van der Waals surface area (Å²) < 4.78 is 6.05. The Balaban J connectivity index is 2.04. The molecule has 0 aliphatic rings. The molecule has 0 atom stereocenters. The van der Waals surface area contributed by atoms with E-state index in [-0.39, 0.29) is 40.5 Å². The Kier molecular flexibility index (Phi) is 5.63. The van der Waals surface area contributed by atoms with E-state index < -0.39 is 11.9 Å². The molecule has 0 fully saturated rings. The molecule has 0 saturated heterocycles. The Morgan fingerprint density at radius 1 is 1.03 bits per heavy atom. The lowest BCUT2D eigenvalue weighted by molar-refractivity contribution is -0.635. The van der Waals surface area contributed by atoms with Crippen molar-refractivity contribution in [3.63, 3.8) is 0 Å². The number of benzene rings is 2. The molecule has 0 aliphatic carbocycles. The van der Waals surface area contributed by atoms with Crippen LogP contribution >= 0.6 is 0 Å². The van der Waals surface area contributed by atoms with Crippen LogP contribution in [0.15, 0.2) is 48.5 Å². The molecule has 0 aliphatic heterocycles. The molecule has 1 N–H and O–H groups in total. The molecule has 150 valence electrons. The molecule has 3 rings (SSSR count). The van der Waals surface area contributed by atoms with Crippen LogP contribution in [0.3, 0.4) is 0 Å². The Morgan fingerprint density at radius 2 is 1.72 bits per heavy atom. The van der Waals surface area contributed by atoms with Crippen LogP contribution in [0.1, 0.15) is 40.4 Å². The van der Waals surface area contributed by atoms with Crippen molar-refractivity contribution in [1.29, 1.82) is 0 Å². The number of hydrogen-bond acceptors (Lipinski definition) is 5. The summed E-state index contributed by atoms with van der Waals surface area (Å²) in [6.07, 6.45) is 0. The van der Waals surface area contributed by atoms with Gasteiger partial charge in [0.15, 0.2) is 0 Å². The van der Waals surface area contributed by atoms with Crippen LogP contribution < -0.4 is 14.8 Å². The zero-order valence-corrected chi connectivity index (χ0v) is 16.3. The molecule has 8 heteroatoms. The van der Waals surface area contributed by atoms with Crippen LogP contribution in [0.25, 0.3) is 11.0 Å². The molecular formula is C21H21N3O5. The molecule has 8 nitrogen and oxygen atoms in total. The topological polar surface area (TPSA) is 109 Å². The van der Waals surface area contributed by atoms with E-state index in [4.69, 9.17) is 4.74 Å². The highest BCUT2D eigenvalue weighted by Gasteiger charge is 2.31. The maximum atomic E-state index is 12.9. The molecule has 0 bridgehead atoms. The summed E-state index contributed by atoms with van der Waals surface area (Å²) in [5, 5.41) is 28.1. The Bertz CT molecular complexity index is 1080. The van der Waals surface area contributed by atoms with Gasteiger partial charge >= 0.3 is 17.6 Å². The minimum absolute atomic E-state index is 0.0453. The summed E-state index contributed by atoms with van der Waals surface area (Å²) in [5.74, 6) is -1.17. The number of carbonyl (C=O) groups excluding carboxylic acids is 2. The molecule has 0 unspecified atom stereocenters. The van der Waals surface area contributed by atoms with Crippen LogP contribution in [0.4, 0.5) is 5.69 Å². The first-order chi connectivity index (χ1) is 13.8. The highest BCUT2D eigenvalue weighted by Crippen LogP contribution is 2.15. The standard InChI is InChI=1S/C21H21N3O5/c1-13(2)12-29-21(26)15-9-10-17-18(11-15)24(28)19(14(3)23(17)27)20(25)22-16-7-5-4-6-8-16/h4-11,13H,12H2,1-3H3,(H,22,25). The van der Waals surface area contributed by atoms with Gasteiger partial charge in [0.25, 0.3) is 16.7 Å². The van der Waals surface area contributed by atoms with Gasteiger partial charge in [-0.1, -0.05) is 32.0 Å². The zero-order chi connectivity index (χ0) is 21.1. The lowest BCUT2D eigenvalue weighted by atomic mass is 10.1. The van der Waals surface area contributed by atoms with Gasteiger partial charge in [0.2, 0.25) is 0 Å². The van der Waals surface area contributed by atoms with Gasteiger partial charge in [-0.2, -0.15) is 4.73 Å². The Morgan fingerprint density at radius 3 is 2.38 bits per heavy atom. The maximum Gasteiger partial charge on any atom is 0.351 e. The second-order valence-corrected chi connectivity index (χ2v) is 7.04. The molecule has 0 saturated carbocycles. The second kappa shape index (κ2) is 8.14. The summed E-state index contributed by atoms with van der Waals surface area (Å²) in [6.45, 7) is 5.43. The first-order valence-electron chi connectivity index (χ1n) is 9.12. The molecule has 3 aromatic rings. The number of para-hydroxylation sites is 1. The molecule has 1 aromatic heterocycles. The molecule has 29 heavy (non-hydrogen) atoms. The Labute approximate surface area is 167 Å². The summed E-state index contributed by atoms with van der Waals surface area (Å²) in [5.41, 5.74) is 0.179. The van der Waals surface area contributed by atoms with Crippen LogP contribution in [-0.2, 0) is 4.74 Å². The lowest BCUT2D eigenvalue weighted by Gasteiger charge is -2.12. The maximum absolute atomic E-state index is 12.9. The van der Waals surface area contributed by atoms with Crippen molar-refractivity contribution in [2.75, 3.05) is 11.9 Å². The van der Waals surface area contributed by atoms with E-state index in [1.807, 2.05) is 13.8 Å². The fourth-order valence-corrected chi connectivity index (χ4v) is 2.82. The number of ether oxygens (including phenoxy) is 1. The smallest absolute Gasteiger partial charge is 0.351 e. The monoisotopic (exact) mass is 395 g/mol. The SMILES string of the molecule is Cc1c(C(=O)Nc2ccccc2)[n+]([O-])c2cc(C(=O)OCC(C)C)ccc2[n+]1[O-]. The van der Waals surface area contributed by atoms with E-state index in [0.29, 0.717) is 15.1 Å². The molecule has 0 spiro atoms. The number of fused-ring (bicyclic) bond motifs is 1. The first-order valence-corrected chi connectivity index (χ1v) is 9.12. The average Bonchev–Trinajstić information content (AvgIpc) is 2.70. The number of amides is 1. The highest BCUT2D eigenvalue weighted by molar-refractivity contribution is 6.02. The molecule has 1 heterocycles. The van der Waals surface area contributed by atoms with E-state index in [0.717, 1.165) is 0 Å². The number of rotatable bonds is 5. The predicted octanol–water partition coefficient (Wildman–Crippen LogP) is 2.48. The number of nitrogens with zero attached hydrogens (tertiary/aromatic N) is 2. The summed E-state index contributed by atoms with van der Waals surface area (Å²) in [4.78, 5) is 24.9. The normalized spacial score (nSPS) is 10.9. The number of aromatic nitrogens is 2. The van der Waals surface area contributed by atoms with Crippen molar-refractivity contribution in [3.8, 4) is 0 Å². The Hall–Kier alpha value is -3.68. The average molecular weight is 395 g/mol. The third-order valence-corrected chi connectivity index (χ3v) is 4.29. The summed E-state index contributed by atoms with van der Waals surface area (Å²) >= 11 is 0. The van der Waals surface area contributed by atoms with Gasteiger partial charge in [-0.3, -0.25) is 4.79 Å². The van der Waals surface area contributed by atoms with Crippen molar-refractivity contribution < 1.29 is 23.8 Å². The van der Waals surface area contributed by atoms with Crippen LogP contribution in [0, 0.1) is 23.3 Å². The van der Waals surface area contributed by atoms with Gasteiger partial charge in [-0.15, -0.1) is 4.73 Å². The lowest BCUT2D eigenvalue weighted by Crippen LogP contribution is -2.47. The molecule has 2 aromatic carbocycles. The van der Waals surface area contributed by atoms with Crippen molar-refractivity contribution in [2.45, 2.75) is 20.8 Å². The quantitative estimate of drug-likeness (QED) is 0.405. The predicted molar refractivity (Wildman–Crippen MR) is 106 cm³/mol. The van der Waals surface area contributed by atoms with Crippen molar-refractivity contribution in [3.05, 3.63) is 75.9 Å². The largest absolute Gasteiger partial charge is 0.618 e. The molecule has 1 amide bonds. The minimum Gasteiger partial charge on any atom is -0.618 e. The number of hydrogen-bond donors (Lipinski definition) is 1. The van der Waals surface area contributed by atoms with E-state index in [2.05, 4.69) is 5.32 Å². The number of nitrogens with one attached hydrogen (secondary N) is 1. The van der Waals surface area contributed by atoms with Crippen molar-refractivity contribution in [1.82, 2.24) is 0 Å². The van der Waals surface area contributed by atoms with Gasteiger partial charge < -0.3 is 20.5 Å². The summed E-state index contributed by atoms with van der Waals surface area (Å²) in [7, 11) is 0. The highest BCUT2D eigenvalue weighted by atomic mass is 16.5. The van der Waals surface area contributed by atoms with Crippen LogP contribution in [0.2, 0.25) is 0 Å². The third-order valence-electron chi connectivity index (χ3n) is 4.29. The molecular weight excluding hydrogens is 374 g/mol. The zero-order valence-electron chi connectivity index (χ0n) is 16.3. The van der Waals surface area contributed by atoms with E-state index in [9.17, 15) is 20.0 Å². The van der Waals surface area contributed by atoms with Gasteiger partial charge in [0.1, 0.15) is 0 Å². The van der Waals surface area contributed by atoms with Gasteiger partial charge in [-0.05, 0) is 24.1 Å². The van der Waals surface area contributed by atoms with E-state index in [1.54, 1.807) is 30.3 Å². The van der Waals surface area contributed by atoms with Crippen LogP contribution in [-0.4, -0.2) is 18.5 Å². The van der Waals surface area contributed by atoms with E-state index >= 15 is 0 Å². The fourth-order valence-electron chi connectivity index (χ4n) is 2.82. The van der Waals surface area contributed by atoms with Gasteiger partial charge in [-0.25, -0.2) is 4.79 Å². The van der Waals surface area contributed by atoms with E-state index in [1.165, 1.54) is 25.1 Å². The number of esters is 1. The van der Waals surface area contributed by atoms with Gasteiger partial charge in [0.05, 0.1) is 12.2 Å². The number of anilines is 1. The second-order valence-electron chi connectivity index (χ2n) is 7.04. The van der Waals surface area contributed by atoms with Crippen molar-refractivity contribution in [2.24, 2.45) is 5.92 Å². The van der Waals surface area contributed by atoms with Crippen LogP contribution in [0.5, 0.6) is 0 Å². The number of carbonyl (C=O) groups is 2. The summed E-state index contributed by atoms with van der Waals surface area (Å²) in [6, 6.07) is 12.6. The van der Waals surface area contributed by atoms with Gasteiger partial charge in [0, 0.05) is 24.7 Å². The minimum atomic E-state index is -0.719. The fraction of sp³-hybridized carbons (Fsp3) is 0.238.